The largest absolute Gasteiger partial charge is 0.337 e. The lowest BCUT2D eigenvalue weighted by Crippen LogP contribution is -2.28. The number of carbonyl (C=O) groups excluding carboxylic acids is 1. The smallest absolute Gasteiger partial charge is 0.257 e. The first kappa shape index (κ1) is 15.3. The highest BCUT2D eigenvalue weighted by molar-refractivity contribution is 5.94. The van der Waals surface area contributed by atoms with E-state index in [-0.39, 0.29) is 17.7 Å². The van der Waals surface area contributed by atoms with Gasteiger partial charge in [-0.2, -0.15) is 10.2 Å². The first-order valence-corrected chi connectivity index (χ1v) is 8.49. The average Bonchev–Trinajstić information content (AvgIpc) is 3.07. The van der Waals surface area contributed by atoms with Gasteiger partial charge in [0.1, 0.15) is 5.82 Å². The Hall–Kier alpha value is -2.25. The van der Waals surface area contributed by atoms with Crippen molar-refractivity contribution >= 4 is 5.91 Å². The quantitative estimate of drug-likeness (QED) is 0.904. The van der Waals surface area contributed by atoms with E-state index in [0.29, 0.717) is 36.9 Å². The third-order valence-corrected chi connectivity index (χ3v) is 4.94. The van der Waals surface area contributed by atoms with E-state index < -0.39 is 6.67 Å². The van der Waals surface area contributed by atoms with E-state index in [1.165, 1.54) is 0 Å². The highest BCUT2D eigenvalue weighted by Gasteiger charge is 2.39. The minimum absolute atomic E-state index is 0.0995. The van der Waals surface area contributed by atoms with E-state index in [1.807, 2.05) is 6.92 Å². The maximum Gasteiger partial charge on any atom is 0.257 e. The fourth-order valence-electron chi connectivity index (χ4n) is 3.31. The predicted octanol–water partition coefficient (Wildman–Crippen LogP) is 1.72. The number of amides is 1. The average molecular weight is 332 g/mol. The van der Waals surface area contributed by atoms with Crippen LogP contribution in [0.4, 0.5) is 4.39 Å². The molecule has 0 radical (unpaired) electrons. The monoisotopic (exact) mass is 332 g/mol. The van der Waals surface area contributed by atoms with Crippen LogP contribution in [0.1, 0.15) is 53.6 Å². The summed E-state index contributed by atoms with van der Waals surface area (Å²) in [5.74, 6) is 1.53. The summed E-state index contributed by atoms with van der Waals surface area (Å²) in [6, 6.07) is 0. The summed E-state index contributed by atoms with van der Waals surface area (Å²) in [5, 5.41) is 11.4. The van der Waals surface area contributed by atoms with Gasteiger partial charge >= 0.3 is 0 Å². The Morgan fingerprint density at radius 3 is 2.92 bits per heavy atom. The number of hydrogen-bond acceptors (Lipinski definition) is 4. The zero-order valence-corrected chi connectivity index (χ0v) is 13.7. The number of alkyl halides is 1. The number of hydrogen-bond donors (Lipinski definition) is 1. The molecule has 1 saturated carbocycles. The molecule has 0 unspecified atom stereocenters. The van der Waals surface area contributed by atoms with Crippen LogP contribution in [-0.4, -0.2) is 55.5 Å². The lowest BCUT2D eigenvalue weighted by molar-refractivity contribution is 0.0784. The van der Waals surface area contributed by atoms with Crippen LogP contribution in [0.5, 0.6) is 0 Å². The second-order valence-electron chi connectivity index (χ2n) is 6.67. The van der Waals surface area contributed by atoms with Crippen molar-refractivity contribution in [2.75, 3.05) is 19.8 Å². The Morgan fingerprint density at radius 2 is 2.25 bits per heavy atom. The first-order chi connectivity index (χ1) is 11.7. The third kappa shape index (κ3) is 2.70. The molecule has 1 aliphatic carbocycles. The van der Waals surface area contributed by atoms with Crippen molar-refractivity contribution in [3.8, 4) is 0 Å². The van der Waals surface area contributed by atoms with E-state index in [2.05, 4.69) is 20.3 Å². The van der Waals surface area contributed by atoms with Crippen LogP contribution in [0.25, 0.3) is 0 Å². The molecule has 1 N–H and O–H groups in total. The van der Waals surface area contributed by atoms with E-state index >= 15 is 0 Å². The molecule has 1 amide bonds. The second-order valence-corrected chi connectivity index (χ2v) is 6.67. The molecule has 8 heteroatoms. The molecule has 2 aromatic rings. The summed E-state index contributed by atoms with van der Waals surface area (Å²) in [4.78, 5) is 18.9. The van der Waals surface area contributed by atoms with Crippen molar-refractivity contribution in [1.82, 2.24) is 29.9 Å². The van der Waals surface area contributed by atoms with E-state index in [4.69, 9.17) is 0 Å². The van der Waals surface area contributed by atoms with Crippen LogP contribution in [-0.2, 0) is 6.54 Å². The fourth-order valence-corrected chi connectivity index (χ4v) is 3.31. The lowest BCUT2D eigenvalue weighted by Gasteiger charge is -2.14. The molecule has 4 rings (SSSR count). The van der Waals surface area contributed by atoms with Crippen molar-refractivity contribution in [3.63, 3.8) is 0 Å². The van der Waals surface area contributed by atoms with Crippen LogP contribution >= 0.6 is 0 Å². The summed E-state index contributed by atoms with van der Waals surface area (Å²) in [6.07, 6.45) is 5.56. The SMILES string of the molecule is CCn1cc(C(=O)N2C[C@@H](CF)[C@H](c3nc(C4CC4)n[nH]3)C2)cn1. The van der Waals surface area contributed by atoms with Gasteiger partial charge in [0.05, 0.1) is 18.4 Å². The number of aromatic nitrogens is 5. The van der Waals surface area contributed by atoms with Gasteiger partial charge in [0, 0.05) is 43.6 Å². The molecule has 0 bridgehead atoms. The first-order valence-electron chi connectivity index (χ1n) is 8.49. The number of halogens is 1. The summed E-state index contributed by atoms with van der Waals surface area (Å²) in [6.45, 7) is 3.07. The van der Waals surface area contributed by atoms with Crippen molar-refractivity contribution in [1.29, 1.82) is 0 Å². The Kier molecular flexibility index (Phi) is 3.82. The second kappa shape index (κ2) is 5.99. The van der Waals surface area contributed by atoms with E-state index in [1.54, 1.807) is 22.0 Å². The maximum atomic E-state index is 13.5. The van der Waals surface area contributed by atoms with Gasteiger partial charge in [-0.25, -0.2) is 4.98 Å². The molecule has 0 aromatic carbocycles. The number of likely N-dealkylation sites (tertiary alicyclic amines) is 1. The minimum atomic E-state index is -0.470. The molecular formula is C16H21FN6O. The van der Waals surface area contributed by atoms with Gasteiger partial charge in [-0.1, -0.05) is 0 Å². The van der Waals surface area contributed by atoms with Gasteiger partial charge in [0.15, 0.2) is 5.82 Å². The van der Waals surface area contributed by atoms with Crippen LogP contribution in [0.15, 0.2) is 12.4 Å². The number of nitrogens with one attached hydrogen (secondary N) is 1. The molecule has 3 heterocycles. The molecule has 128 valence electrons. The summed E-state index contributed by atoms with van der Waals surface area (Å²) >= 11 is 0. The zero-order chi connectivity index (χ0) is 16.7. The summed E-state index contributed by atoms with van der Waals surface area (Å²) < 4.78 is 15.2. The molecule has 2 aromatic heterocycles. The van der Waals surface area contributed by atoms with Crippen molar-refractivity contribution < 1.29 is 9.18 Å². The zero-order valence-electron chi connectivity index (χ0n) is 13.7. The van der Waals surface area contributed by atoms with Crippen LogP contribution in [0.2, 0.25) is 0 Å². The summed E-state index contributed by atoms with van der Waals surface area (Å²) in [7, 11) is 0. The Morgan fingerprint density at radius 1 is 1.42 bits per heavy atom. The van der Waals surface area contributed by atoms with Gasteiger partial charge < -0.3 is 4.90 Å². The van der Waals surface area contributed by atoms with E-state index in [9.17, 15) is 9.18 Å². The van der Waals surface area contributed by atoms with Gasteiger partial charge in [0.2, 0.25) is 0 Å². The topological polar surface area (TPSA) is 79.7 Å². The molecule has 2 atom stereocenters. The number of aromatic amines is 1. The minimum Gasteiger partial charge on any atom is -0.337 e. The van der Waals surface area contributed by atoms with Crippen molar-refractivity contribution in [2.24, 2.45) is 5.92 Å². The highest BCUT2D eigenvalue weighted by Crippen LogP contribution is 2.39. The predicted molar refractivity (Wildman–Crippen MR) is 84.4 cm³/mol. The fraction of sp³-hybridized carbons (Fsp3) is 0.625. The maximum absolute atomic E-state index is 13.5. The van der Waals surface area contributed by atoms with Crippen LogP contribution in [0, 0.1) is 5.92 Å². The molecule has 1 aliphatic heterocycles. The van der Waals surface area contributed by atoms with Gasteiger partial charge in [-0.3, -0.25) is 19.0 Å². The number of rotatable bonds is 5. The molecule has 0 spiro atoms. The van der Waals surface area contributed by atoms with Crippen molar-refractivity contribution in [3.05, 3.63) is 29.6 Å². The van der Waals surface area contributed by atoms with Gasteiger partial charge in [-0.15, -0.1) is 0 Å². The number of carbonyl (C=O) groups is 1. The highest BCUT2D eigenvalue weighted by atomic mass is 19.1. The molecule has 2 fully saturated rings. The van der Waals surface area contributed by atoms with Crippen molar-refractivity contribution in [2.45, 2.75) is 38.1 Å². The number of aryl methyl sites for hydroxylation is 1. The molecule has 1 saturated heterocycles. The van der Waals surface area contributed by atoms with E-state index in [0.717, 1.165) is 18.7 Å². The molecule has 7 nitrogen and oxygen atoms in total. The number of nitrogens with zero attached hydrogens (tertiary/aromatic N) is 5. The standard InChI is InChI=1S/C16H21FN6O/c1-2-23-8-12(6-18-23)16(24)22-7-11(5-17)13(9-22)15-19-14(20-21-15)10-3-4-10/h6,8,10-11,13H,2-5,7,9H2,1H3,(H,19,20,21)/t11-,13-/m1/s1. The van der Waals surface area contributed by atoms with Crippen LogP contribution in [0.3, 0.4) is 0 Å². The molecule has 2 aliphatic rings. The van der Waals surface area contributed by atoms with Gasteiger partial charge in [-0.05, 0) is 19.8 Å². The Balaban J connectivity index is 1.51. The normalized spacial score (nSPS) is 23.8. The van der Waals surface area contributed by atoms with Crippen LogP contribution < -0.4 is 0 Å². The molecular weight excluding hydrogens is 311 g/mol. The van der Waals surface area contributed by atoms with Gasteiger partial charge in [0.25, 0.3) is 5.91 Å². The third-order valence-electron chi connectivity index (χ3n) is 4.94. The number of H-pyrrole nitrogens is 1. The Bertz CT molecular complexity index is 737. The summed E-state index contributed by atoms with van der Waals surface area (Å²) in [5.41, 5.74) is 0.548. The lowest BCUT2D eigenvalue weighted by atomic mass is 9.97. The Labute approximate surface area is 139 Å². The molecule has 24 heavy (non-hydrogen) atoms.